The van der Waals surface area contributed by atoms with Crippen molar-refractivity contribution < 1.29 is 66.3 Å². The van der Waals surface area contributed by atoms with Crippen molar-refractivity contribution in [3.8, 4) is 22.3 Å². The fourth-order valence-electron chi connectivity index (χ4n) is 13.2. The number of unbranched alkanes of at least 4 members (excludes halogenated alkanes) is 36. The first-order valence-electron chi connectivity index (χ1n) is 41.5. The summed E-state index contributed by atoms with van der Waals surface area (Å²) in [6.45, 7) is 11.4. The highest BCUT2D eigenvalue weighted by Crippen LogP contribution is 2.25. The molecule has 0 N–H and O–H groups in total. The molecule has 0 amide bonds. The zero-order chi connectivity index (χ0) is 75.3. The molecule has 106 heavy (non-hydrogen) atoms. The van der Waals surface area contributed by atoms with Crippen molar-refractivity contribution in [2.45, 2.75) is 311 Å². The molecule has 0 saturated carbocycles. The number of ether oxygens (including phenoxy) is 6. The summed E-state index contributed by atoms with van der Waals surface area (Å²) in [5.74, 6) is -3.68. The monoisotopic (exact) mass is 1450 g/mol. The Kier molecular flexibility index (Phi) is 44.7. The zero-order valence-electron chi connectivity index (χ0n) is 65.4. The lowest BCUT2D eigenvalue weighted by molar-refractivity contribution is -0.778. The number of benzene rings is 4. The first-order valence-corrected chi connectivity index (χ1v) is 41.5. The number of hydrogen-bond donors (Lipinski definition) is 0. The molecule has 6 rings (SSSR count). The van der Waals surface area contributed by atoms with Gasteiger partial charge in [-0.2, -0.15) is 9.13 Å². The van der Waals surface area contributed by atoms with Gasteiger partial charge in [-0.15, -0.1) is 0 Å². The first kappa shape index (κ1) is 86.9. The second-order valence-electron chi connectivity index (χ2n) is 29.1. The summed E-state index contributed by atoms with van der Waals surface area (Å²) in [4.78, 5) is 81.1. The van der Waals surface area contributed by atoms with Crippen LogP contribution in [0.25, 0.3) is 22.3 Å². The second kappa shape index (κ2) is 54.6. The Hall–Kier alpha value is -8.00. The summed E-state index contributed by atoms with van der Waals surface area (Å²) in [5.41, 5.74) is 6.24. The van der Waals surface area contributed by atoms with Crippen LogP contribution in [0.2, 0.25) is 0 Å². The van der Waals surface area contributed by atoms with Gasteiger partial charge in [-0.1, -0.05) is 307 Å². The quantitative estimate of drug-likeness (QED) is 0.0154. The van der Waals surface area contributed by atoms with Gasteiger partial charge < -0.3 is 28.4 Å². The van der Waals surface area contributed by atoms with Crippen LogP contribution in [0.5, 0.6) is 0 Å². The van der Waals surface area contributed by atoms with Crippen LogP contribution in [-0.4, -0.2) is 62.2 Å². The Morgan fingerprint density at radius 2 is 0.406 bits per heavy atom. The van der Waals surface area contributed by atoms with Gasteiger partial charge in [-0.3, -0.25) is 0 Å². The Labute approximate surface area is 636 Å². The Bertz CT molecular complexity index is 3080. The summed E-state index contributed by atoms with van der Waals surface area (Å²) >= 11 is 0. The van der Waals surface area contributed by atoms with E-state index in [1.807, 2.05) is 48.5 Å². The molecule has 0 fully saturated rings. The van der Waals surface area contributed by atoms with Gasteiger partial charge in [-0.05, 0) is 95.5 Å². The lowest BCUT2D eigenvalue weighted by atomic mass is 10.0. The average Bonchev–Trinajstić information content (AvgIpc) is 0.828. The van der Waals surface area contributed by atoms with Crippen LogP contribution in [0, 0.1) is 0 Å². The molecule has 0 bridgehead atoms. The smallest absolute Gasteiger partial charge is 0.338 e. The molecule has 0 atom stereocenters. The third-order valence-electron chi connectivity index (χ3n) is 19.9. The number of hydrogen-bond acceptors (Lipinski definition) is 12. The van der Waals surface area contributed by atoms with E-state index in [0.717, 1.165) is 124 Å². The molecule has 14 heteroatoms. The minimum atomic E-state index is -0.661. The van der Waals surface area contributed by atoms with E-state index in [-0.39, 0.29) is 73.0 Å². The zero-order valence-corrected chi connectivity index (χ0v) is 65.4. The summed E-state index contributed by atoms with van der Waals surface area (Å²) in [7, 11) is 0. The van der Waals surface area contributed by atoms with Gasteiger partial charge in [0.1, 0.15) is 13.2 Å². The van der Waals surface area contributed by atoms with Gasteiger partial charge in [0.25, 0.3) is 0 Å². The molecule has 0 aliphatic heterocycles. The minimum Gasteiger partial charge on any atom is -0.462 e. The number of aryl methyl sites for hydroxylation is 2. The first-order chi connectivity index (χ1) is 52.0. The molecule has 2 aromatic heterocycles. The van der Waals surface area contributed by atoms with Crippen LogP contribution >= 0.6 is 0 Å². The molecular formula is C92H130N2O12+2. The maximum absolute atomic E-state index is 13.7. The number of pyridine rings is 2. The number of carbonyl (C=O) groups excluding carboxylic acids is 6. The fourth-order valence-corrected chi connectivity index (χ4v) is 13.2. The molecule has 0 saturated heterocycles. The summed E-state index contributed by atoms with van der Waals surface area (Å²) < 4.78 is 38.5. The van der Waals surface area contributed by atoms with Crippen molar-refractivity contribution in [1.29, 1.82) is 0 Å². The number of nitrogens with zero attached hydrogens (tertiary/aromatic N) is 2. The molecule has 0 radical (unpaired) electrons. The molecule has 6 aromatic rings. The van der Waals surface area contributed by atoms with Crippen LogP contribution in [-0.2, 0) is 54.7 Å². The highest BCUT2D eigenvalue weighted by molar-refractivity contribution is 6.01. The normalized spacial score (nSPS) is 11.2. The third kappa shape index (κ3) is 36.1. The number of carbonyl (C=O) groups is 6. The van der Waals surface area contributed by atoms with Crippen LogP contribution < -0.4 is 9.13 Å². The lowest BCUT2D eigenvalue weighted by Gasteiger charge is -2.11. The Morgan fingerprint density at radius 3 is 0.613 bits per heavy atom. The fraction of sp³-hybridized carbons (Fsp3) is 0.565. The van der Waals surface area contributed by atoms with E-state index in [0.29, 0.717) is 0 Å². The van der Waals surface area contributed by atoms with Crippen LogP contribution in [0.3, 0.4) is 0 Å². The predicted molar refractivity (Wildman–Crippen MR) is 424 cm³/mol. The van der Waals surface area contributed by atoms with E-state index in [2.05, 4.69) is 85.9 Å². The molecular weight excluding hydrogens is 1330 g/mol. The van der Waals surface area contributed by atoms with Crippen LogP contribution in [0.1, 0.15) is 358 Å². The second-order valence-corrected chi connectivity index (χ2v) is 29.1. The molecule has 2 heterocycles. The standard InChI is InChI=1S/C92H130N2O12/c1-5-9-13-17-21-25-29-33-37-41-63-101-87(95)81-67-82(88(96)102-64-42-38-34-30-26-22-18-14-10-6-2)70-85(69-81)91(99)105-73-75-45-49-77(50-46-75)79-53-57-93(58-54-79)61-62-94-59-55-80(56-60-94)78-51-47-76(48-52-78)74-106-92(100)86-71-83(89(97)103-65-43-39-35-31-27-23-19-15-11-7-3)68-84(72-86)90(98)104-66-44-40-36-32-28-24-20-16-12-8-4/h45-60,67-72H,5-44,61-66,73-74H2,1-4H3/q+2. The number of aromatic nitrogens is 2. The Morgan fingerprint density at radius 1 is 0.226 bits per heavy atom. The third-order valence-corrected chi connectivity index (χ3v) is 19.9. The van der Waals surface area contributed by atoms with Crippen LogP contribution in [0.4, 0.5) is 0 Å². The van der Waals surface area contributed by atoms with Crippen molar-refractivity contribution >= 4 is 35.8 Å². The van der Waals surface area contributed by atoms with Crippen molar-refractivity contribution in [2.75, 3.05) is 26.4 Å². The molecule has 0 spiro atoms. The maximum atomic E-state index is 13.7. The summed E-state index contributed by atoms with van der Waals surface area (Å²) in [6.07, 6.45) is 54.8. The van der Waals surface area contributed by atoms with Crippen LogP contribution in [0.15, 0.2) is 134 Å². The summed E-state index contributed by atoms with van der Waals surface area (Å²) in [6, 6.07) is 32.7. The van der Waals surface area contributed by atoms with Gasteiger partial charge in [0.05, 0.1) is 59.8 Å². The highest BCUT2D eigenvalue weighted by atomic mass is 16.6. The molecule has 4 aromatic carbocycles. The van der Waals surface area contributed by atoms with Gasteiger partial charge in [-0.25, -0.2) is 28.8 Å². The molecule has 0 aliphatic rings. The van der Waals surface area contributed by atoms with E-state index in [9.17, 15) is 28.8 Å². The van der Waals surface area contributed by atoms with Crippen molar-refractivity contribution in [1.82, 2.24) is 0 Å². The largest absolute Gasteiger partial charge is 0.462 e. The van der Waals surface area contributed by atoms with E-state index < -0.39 is 35.8 Å². The highest BCUT2D eigenvalue weighted by Gasteiger charge is 2.22. The SMILES string of the molecule is CCCCCCCCCCCCOC(=O)c1cc(C(=O)OCCCCCCCCCCCC)cc(C(=O)OCc2ccc(-c3cc[n+](CC[n+]4ccc(-c5ccc(COC(=O)c6cc(C(=O)OCCCCCCCCCCCC)cc(C(=O)OCCCCCCCCCCCC)c6)cc5)cc4)cc3)cc2)c1. The maximum Gasteiger partial charge on any atom is 0.338 e. The minimum absolute atomic E-state index is 0.00783. The van der Waals surface area contributed by atoms with E-state index in [1.54, 1.807) is 0 Å². The predicted octanol–water partition coefficient (Wildman–Crippen LogP) is 23.3. The number of rotatable bonds is 59. The van der Waals surface area contributed by atoms with E-state index >= 15 is 0 Å². The van der Waals surface area contributed by atoms with Gasteiger partial charge in [0, 0.05) is 24.3 Å². The Balaban J connectivity index is 0.956. The molecule has 578 valence electrons. The van der Waals surface area contributed by atoms with Gasteiger partial charge >= 0.3 is 35.8 Å². The van der Waals surface area contributed by atoms with Crippen molar-refractivity contribution in [3.05, 3.63) is 178 Å². The average molecular weight is 1460 g/mol. The topological polar surface area (TPSA) is 166 Å². The molecule has 14 nitrogen and oxygen atoms in total. The lowest BCUT2D eigenvalue weighted by Crippen LogP contribution is -2.43. The summed E-state index contributed by atoms with van der Waals surface area (Å²) in [5, 5.41) is 0. The number of esters is 6. The van der Waals surface area contributed by atoms with Gasteiger partial charge in [0.2, 0.25) is 13.1 Å². The molecule has 0 aliphatic carbocycles. The van der Waals surface area contributed by atoms with Gasteiger partial charge in [0.15, 0.2) is 24.8 Å². The van der Waals surface area contributed by atoms with E-state index in [1.165, 1.54) is 216 Å². The van der Waals surface area contributed by atoms with Crippen molar-refractivity contribution in [3.63, 3.8) is 0 Å². The molecule has 0 unspecified atom stereocenters. The van der Waals surface area contributed by atoms with Crippen molar-refractivity contribution in [2.24, 2.45) is 0 Å². The van der Waals surface area contributed by atoms with E-state index in [4.69, 9.17) is 28.4 Å².